The summed E-state index contributed by atoms with van der Waals surface area (Å²) >= 11 is 0. The second kappa shape index (κ2) is 7.35. The van der Waals surface area contributed by atoms with E-state index in [2.05, 4.69) is 5.32 Å². The maximum Gasteiger partial charge on any atom is 0.317 e. The fourth-order valence-electron chi connectivity index (χ4n) is 1.51. The molecular formula is C13H17FN2O3. The van der Waals surface area contributed by atoms with E-state index in [9.17, 15) is 14.0 Å². The van der Waals surface area contributed by atoms with Gasteiger partial charge in [0.1, 0.15) is 5.82 Å². The van der Waals surface area contributed by atoms with Crippen molar-refractivity contribution < 1.29 is 19.1 Å². The Labute approximate surface area is 111 Å². The van der Waals surface area contributed by atoms with Crippen molar-refractivity contribution in [3.05, 3.63) is 35.6 Å². The molecule has 0 atom stereocenters. The van der Waals surface area contributed by atoms with Crippen molar-refractivity contribution in [3.63, 3.8) is 0 Å². The number of nitrogens with one attached hydrogen (secondary N) is 1. The summed E-state index contributed by atoms with van der Waals surface area (Å²) in [6, 6.07) is 5.84. The molecule has 2 N–H and O–H groups in total. The van der Waals surface area contributed by atoms with Crippen LogP contribution in [0, 0.1) is 5.82 Å². The molecule has 0 bridgehead atoms. The van der Waals surface area contributed by atoms with Gasteiger partial charge in [-0.15, -0.1) is 0 Å². The second-order valence-electron chi connectivity index (χ2n) is 4.18. The third-order valence-corrected chi connectivity index (χ3v) is 2.59. The van der Waals surface area contributed by atoms with Gasteiger partial charge in [-0.1, -0.05) is 12.1 Å². The number of nitrogens with zero attached hydrogens (tertiary/aromatic N) is 1. The van der Waals surface area contributed by atoms with Gasteiger partial charge >= 0.3 is 12.0 Å². The van der Waals surface area contributed by atoms with Gasteiger partial charge < -0.3 is 15.3 Å². The van der Waals surface area contributed by atoms with Crippen molar-refractivity contribution in [1.29, 1.82) is 0 Å². The zero-order valence-corrected chi connectivity index (χ0v) is 10.7. The van der Waals surface area contributed by atoms with E-state index in [1.54, 1.807) is 12.1 Å². The quantitative estimate of drug-likeness (QED) is 0.821. The van der Waals surface area contributed by atoms with Gasteiger partial charge in [0, 0.05) is 20.1 Å². The summed E-state index contributed by atoms with van der Waals surface area (Å²) in [6.45, 7) is 0.529. The van der Waals surface area contributed by atoms with E-state index in [0.29, 0.717) is 13.0 Å². The van der Waals surface area contributed by atoms with Crippen molar-refractivity contribution >= 4 is 12.0 Å². The van der Waals surface area contributed by atoms with E-state index in [0.717, 1.165) is 5.56 Å². The lowest BCUT2D eigenvalue weighted by atomic mass is 10.1. The topological polar surface area (TPSA) is 69.6 Å². The Kier molecular flexibility index (Phi) is 5.78. The van der Waals surface area contributed by atoms with Crippen LogP contribution >= 0.6 is 0 Å². The molecule has 104 valence electrons. The molecule has 19 heavy (non-hydrogen) atoms. The fraction of sp³-hybridized carbons (Fsp3) is 0.385. The Morgan fingerprint density at radius 2 is 2.16 bits per heavy atom. The number of amides is 2. The molecule has 6 heteroatoms. The van der Waals surface area contributed by atoms with Gasteiger partial charge in [0.05, 0.1) is 6.42 Å². The molecule has 0 saturated heterocycles. The van der Waals surface area contributed by atoms with E-state index >= 15 is 0 Å². The number of hydrogen-bond acceptors (Lipinski definition) is 2. The highest BCUT2D eigenvalue weighted by atomic mass is 19.1. The lowest BCUT2D eigenvalue weighted by Gasteiger charge is -2.16. The summed E-state index contributed by atoms with van der Waals surface area (Å²) in [5.41, 5.74) is 0.800. The van der Waals surface area contributed by atoms with E-state index in [-0.39, 0.29) is 24.8 Å². The monoisotopic (exact) mass is 268 g/mol. The first-order valence-electron chi connectivity index (χ1n) is 5.94. The fourth-order valence-corrected chi connectivity index (χ4v) is 1.51. The van der Waals surface area contributed by atoms with E-state index in [4.69, 9.17) is 5.11 Å². The molecule has 0 spiro atoms. The first kappa shape index (κ1) is 14.9. The minimum atomic E-state index is -0.945. The molecule has 0 aliphatic carbocycles. The molecule has 0 aromatic heterocycles. The lowest BCUT2D eigenvalue weighted by Crippen LogP contribution is -2.39. The molecule has 1 aromatic rings. The highest BCUT2D eigenvalue weighted by Crippen LogP contribution is 2.03. The van der Waals surface area contributed by atoms with Crippen LogP contribution in [-0.4, -0.2) is 42.1 Å². The average molecular weight is 268 g/mol. The summed E-state index contributed by atoms with van der Waals surface area (Å²) in [5, 5.41) is 11.1. The predicted molar refractivity (Wildman–Crippen MR) is 68.4 cm³/mol. The molecule has 5 nitrogen and oxygen atoms in total. The van der Waals surface area contributed by atoms with Crippen LogP contribution in [0.1, 0.15) is 12.0 Å². The molecule has 0 aliphatic rings. The van der Waals surface area contributed by atoms with Crippen molar-refractivity contribution in [3.8, 4) is 0 Å². The van der Waals surface area contributed by atoms with Crippen LogP contribution in [0.5, 0.6) is 0 Å². The number of rotatable bonds is 6. The van der Waals surface area contributed by atoms with Crippen molar-refractivity contribution in [2.45, 2.75) is 12.8 Å². The number of carbonyl (C=O) groups is 2. The molecule has 0 unspecified atom stereocenters. The van der Waals surface area contributed by atoms with Gasteiger partial charge in [0.2, 0.25) is 0 Å². The van der Waals surface area contributed by atoms with Crippen LogP contribution in [0.2, 0.25) is 0 Å². The van der Waals surface area contributed by atoms with Crippen LogP contribution in [0.3, 0.4) is 0 Å². The summed E-state index contributed by atoms with van der Waals surface area (Å²) in [5.74, 6) is -1.25. The number of carboxylic acid groups (broad SMARTS) is 1. The lowest BCUT2D eigenvalue weighted by molar-refractivity contribution is -0.137. The van der Waals surface area contributed by atoms with Gasteiger partial charge in [-0.2, -0.15) is 0 Å². The number of halogens is 1. The Balaban J connectivity index is 2.28. The maximum absolute atomic E-state index is 12.9. The highest BCUT2D eigenvalue weighted by Gasteiger charge is 2.09. The minimum Gasteiger partial charge on any atom is -0.481 e. The van der Waals surface area contributed by atoms with Crippen LogP contribution in [0.15, 0.2) is 24.3 Å². The van der Waals surface area contributed by atoms with Crippen LogP contribution in [0.25, 0.3) is 0 Å². The van der Waals surface area contributed by atoms with Gasteiger partial charge in [0.15, 0.2) is 0 Å². The predicted octanol–water partition coefficient (Wildman–Crippen LogP) is 1.48. The molecular weight excluding hydrogens is 251 g/mol. The molecule has 1 rings (SSSR count). The Morgan fingerprint density at radius 3 is 2.79 bits per heavy atom. The molecule has 0 saturated carbocycles. The molecule has 0 radical (unpaired) electrons. The highest BCUT2D eigenvalue weighted by molar-refractivity contribution is 5.74. The summed E-state index contributed by atoms with van der Waals surface area (Å²) in [7, 11) is 1.53. The zero-order valence-electron chi connectivity index (χ0n) is 10.7. The standard InChI is InChI=1S/C13H17FN2O3/c1-16(8-6-12(17)18)13(19)15-7-5-10-3-2-4-11(14)9-10/h2-4,9H,5-8H2,1H3,(H,15,19)(H,17,18). The van der Waals surface area contributed by atoms with Crippen LogP contribution in [-0.2, 0) is 11.2 Å². The Hall–Kier alpha value is -2.11. The Morgan fingerprint density at radius 1 is 1.42 bits per heavy atom. The number of aliphatic carboxylic acids is 1. The van der Waals surface area contributed by atoms with Crippen molar-refractivity contribution in [1.82, 2.24) is 10.2 Å². The maximum atomic E-state index is 12.9. The number of hydrogen-bond donors (Lipinski definition) is 2. The van der Waals surface area contributed by atoms with Crippen molar-refractivity contribution in [2.75, 3.05) is 20.1 Å². The Bertz CT molecular complexity index is 451. The largest absolute Gasteiger partial charge is 0.481 e. The van der Waals surface area contributed by atoms with Gasteiger partial charge in [-0.25, -0.2) is 9.18 Å². The van der Waals surface area contributed by atoms with Crippen LogP contribution < -0.4 is 5.32 Å². The third kappa shape index (κ3) is 5.85. The van der Waals surface area contributed by atoms with Crippen molar-refractivity contribution in [2.24, 2.45) is 0 Å². The summed E-state index contributed by atoms with van der Waals surface area (Å²) in [4.78, 5) is 23.2. The molecule has 0 aliphatic heterocycles. The van der Waals surface area contributed by atoms with E-state index < -0.39 is 5.97 Å². The number of carbonyl (C=O) groups excluding carboxylic acids is 1. The molecule has 0 fully saturated rings. The smallest absolute Gasteiger partial charge is 0.317 e. The first-order valence-corrected chi connectivity index (χ1v) is 5.94. The molecule has 0 heterocycles. The normalized spacial score (nSPS) is 10.0. The number of carboxylic acids is 1. The average Bonchev–Trinajstić information content (AvgIpc) is 2.35. The first-order chi connectivity index (χ1) is 8.99. The molecule has 2 amide bonds. The summed E-state index contributed by atoms with van der Waals surface area (Å²) in [6.07, 6.45) is 0.435. The summed E-state index contributed by atoms with van der Waals surface area (Å²) < 4.78 is 12.9. The zero-order chi connectivity index (χ0) is 14.3. The van der Waals surface area contributed by atoms with Gasteiger partial charge in [-0.3, -0.25) is 4.79 Å². The third-order valence-electron chi connectivity index (χ3n) is 2.59. The second-order valence-corrected chi connectivity index (χ2v) is 4.18. The number of urea groups is 1. The molecule has 1 aromatic carbocycles. The van der Waals surface area contributed by atoms with Gasteiger partial charge in [-0.05, 0) is 24.1 Å². The SMILES string of the molecule is CN(CCC(=O)O)C(=O)NCCc1cccc(F)c1. The van der Waals surface area contributed by atoms with E-state index in [1.165, 1.54) is 24.1 Å². The van der Waals surface area contributed by atoms with E-state index in [1.807, 2.05) is 0 Å². The van der Waals surface area contributed by atoms with Crippen LogP contribution in [0.4, 0.5) is 9.18 Å². The number of benzene rings is 1. The van der Waals surface area contributed by atoms with Gasteiger partial charge in [0.25, 0.3) is 0 Å². The minimum absolute atomic E-state index is 0.0895.